The van der Waals surface area contributed by atoms with Crippen LogP contribution in [0.15, 0.2) is 83.4 Å². The highest BCUT2D eigenvalue weighted by Gasteiger charge is 2.31. The number of thiocarbonyl (C=S) groups is 1. The number of thiazole rings is 1. The first kappa shape index (κ1) is 33.1. The minimum atomic E-state index is -4.74. The van der Waals surface area contributed by atoms with E-state index in [9.17, 15) is 13.2 Å². The van der Waals surface area contributed by atoms with Crippen molar-refractivity contribution in [1.29, 1.82) is 0 Å². The van der Waals surface area contributed by atoms with Crippen LogP contribution in [-0.2, 0) is 6.42 Å². The summed E-state index contributed by atoms with van der Waals surface area (Å²) in [7, 11) is 0. The van der Waals surface area contributed by atoms with Crippen molar-refractivity contribution in [3.05, 3.63) is 106 Å². The molecule has 7 nitrogen and oxygen atoms in total. The van der Waals surface area contributed by atoms with Gasteiger partial charge in [-0.15, -0.1) is 29.6 Å². The first-order chi connectivity index (χ1) is 22.0. The van der Waals surface area contributed by atoms with E-state index in [0.717, 1.165) is 46.6 Å². The molecule has 240 valence electrons. The molecule has 0 aliphatic rings. The van der Waals surface area contributed by atoms with Crippen molar-refractivity contribution in [2.75, 3.05) is 6.54 Å². The zero-order chi connectivity index (χ0) is 32.8. The van der Waals surface area contributed by atoms with Crippen molar-refractivity contribution >= 4 is 28.7 Å². The number of rotatable bonds is 10. The number of hydrogen-bond acceptors (Lipinski definition) is 5. The third-order valence-corrected chi connectivity index (χ3v) is 8.48. The maximum Gasteiger partial charge on any atom is 0.573 e. The van der Waals surface area contributed by atoms with Crippen LogP contribution in [0.25, 0.3) is 22.8 Å². The van der Waals surface area contributed by atoms with E-state index in [4.69, 9.17) is 17.2 Å². The molecule has 0 spiro atoms. The predicted octanol–water partition coefficient (Wildman–Crippen LogP) is 8.22. The number of nitrogens with zero attached hydrogens (tertiary/aromatic N) is 5. The smallest absolute Gasteiger partial charge is 0.406 e. The minimum absolute atomic E-state index is 0.292. The van der Waals surface area contributed by atoms with Crippen molar-refractivity contribution in [2.24, 2.45) is 4.99 Å². The fourth-order valence-electron chi connectivity index (χ4n) is 5.06. The lowest BCUT2D eigenvalue weighted by Crippen LogP contribution is -2.25. The van der Waals surface area contributed by atoms with Gasteiger partial charge in [0, 0.05) is 23.2 Å². The maximum absolute atomic E-state index is 12.4. The zero-order valence-electron chi connectivity index (χ0n) is 26.0. The second-order valence-electron chi connectivity index (χ2n) is 11.3. The molecular weight excluding hydrogens is 630 g/mol. The summed E-state index contributed by atoms with van der Waals surface area (Å²) in [6.07, 6.45) is -0.466. The van der Waals surface area contributed by atoms with Crippen molar-refractivity contribution in [1.82, 2.24) is 24.6 Å². The molecule has 2 heterocycles. The Morgan fingerprint density at radius 1 is 1.04 bits per heavy atom. The molecule has 2 aromatic heterocycles. The van der Waals surface area contributed by atoms with Crippen LogP contribution in [0.4, 0.5) is 13.2 Å². The first-order valence-electron chi connectivity index (χ1n) is 14.9. The van der Waals surface area contributed by atoms with Crippen LogP contribution in [0.1, 0.15) is 55.0 Å². The zero-order valence-corrected chi connectivity index (χ0v) is 27.6. The average Bonchev–Trinajstić information content (AvgIpc) is 3.63. The number of unbranched alkanes of at least 4 members (excludes halogenated alkanes) is 1. The Morgan fingerprint density at radius 3 is 2.57 bits per heavy atom. The molecule has 0 saturated carbocycles. The topological polar surface area (TPSA) is 69.3 Å². The summed E-state index contributed by atoms with van der Waals surface area (Å²) >= 11 is 7.18. The summed E-state index contributed by atoms with van der Waals surface area (Å²) in [6, 6.07) is 20.1. The van der Waals surface area contributed by atoms with E-state index in [-0.39, 0.29) is 5.75 Å². The summed E-state index contributed by atoms with van der Waals surface area (Å²) in [4.78, 5) is 10.0. The van der Waals surface area contributed by atoms with Gasteiger partial charge in [0.15, 0.2) is 15.7 Å². The van der Waals surface area contributed by atoms with Crippen LogP contribution in [0, 0.1) is 13.8 Å². The molecule has 0 saturated heterocycles. The van der Waals surface area contributed by atoms with Crippen molar-refractivity contribution < 1.29 is 17.9 Å². The molecule has 5 aromatic rings. The van der Waals surface area contributed by atoms with E-state index in [1.807, 2.05) is 12.1 Å². The average molecular weight is 665 g/mol. The third-order valence-electron chi connectivity index (χ3n) is 7.31. The van der Waals surface area contributed by atoms with Crippen molar-refractivity contribution in [3.8, 4) is 28.5 Å². The van der Waals surface area contributed by atoms with Gasteiger partial charge in [0.05, 0.1) is 11.4 Å². The molecule has 1 N–H and O–H groups in total. The van der Waals surface area contributed by atoms with Gasteiger partial charge in [-0.3, -0.25) is 4.57 Å². The second kappa shape index (κ2) is 14.4. The lowest BCUT2D eigenvalue weighted by atomic mass is 9.99. The van der Waals surface area contributed by atoms with E-state index in [2.05, 4.69) is 88.1 Å². The van der Waals surface area contributed by atoms with E-state index >= 15 is 0 Å². The van der Waals surface area contributed by atoms with Gasteiger partial charge in [0.25, 0.3) is 0 Å². The Labute approximate surface area is 275 Å². The molecule has 0 aliphatic heterocycles. The number of ether oxygens (including phenoxy) is 1. The normalized spacial score (nSPS) is 12.1. The van der Waals surface area contributed by atoms with Crippen LogP contribution in [0.2, 0.25) is 0 Å². The summed E-state index contributed by atoms with van der Waals surface area (Å²) in [5.74, 6) is 0.615. The van der Waals surface area contributed by atoms with Gasteiger partial charge in [-0.05, 0) is 104 Å². The largest absolute Gasteiger partial charge is 0.573 e. The van der Waals surface area contributed by atoms with E-state index in [1.54, 1.807) is 11.3 Å². The second-order valence-corrected chi connectivity index (χ2v) is 12.5. The molecule has 0 fully saturated rings. The number of benzene rings is 3. The van der Waals surface area contributed by atoms with Crippen LogP contribution in [0.3, 0.4) is 0 Å². The fourth-order valence-corrected chi connectivity index (χ4v) is 6.18. The summed E-state index contributed by atoms with van der Waals surface area (Å²) in [5, 5.41) is 10.4. The molecule has 0 bridgehead atoms. The van der Waals surface area contributed by atoms with Gasteiger partial charge in [-0.1, -0.05) is 44.2 Å². The van der Waals surface area contributed by atoms with Gasteiger partial charge in [-0.25, -0.2) is 9.67 Å². The molecule has 0 aliphatic carbocycles. The lowest BCUT2D eigenvalue weighted by molar-refractivity contribution is -0.274. The molecular formula is C34H35F3N6OS2. The number of halogens is 3. The van der Waals surface area contributed by atoms with Gasteiger partial charge in [0.2, 0.25) is 0 Å². The molecule has 12 heteroatoms. The Morgan fingerprint density at radius 2 is 1.83 bits per heavy atom. The number of aromatic nitrogens is 4. The Bertz CT molecular complexity index is 1870. The molecule has 0 amide bonds. The van der Waals surface area contributed by atoms with Gasteiger partial charge in [-0.2, -0.15) is 4.99 Å². The number of aryl methyl sites for hydroxylation is 3. The molecule has 0 radical (unpaired) electrons. The van der Waals surface area contributed by atoms with Crippen molar-refractivity contribution in [3.63, 3.8) is 0 Å². The molecule has 3 aromatic carbocycles. The van der Waals surface area contributed by atoms with Crippen LogP contribution in [0.5, 0.6) is 5.75 Å². The van der Waals surface area contributed by atoms with E-state index in [0.29, 0.717) is 29.1 Å². The Hall–Kier alpha value is -4.29. The van der Waals surface area contributed by atoms with Gasteiger partial charge in [0.1, 0.15) is 12.1 Å². The standard InChI is InChI=1S/C34H35F3N6OS2/c1-22(2)29-16-11-23(3)18-30(29)43-24(4)20-46-33(43)40-32(45)38-17-6-5-8-25-9-7-10-26(19-25)31-39-21-42(41-31)27-12-14-28(15-13-27)44-34(35,36)37/h7,9-16,18-22H,5-6,8,17H2,1-4H3,(H,38,45). The minimum Gasteiger partial charge on any atom is -0.406 e. The monoisotopic (exact) mass is 664 g/mol. The first-order valence-corrected chi connectivity index (χ1v) is 16.2. The number of hydrogen-bond donors (Lipinski definition) is 1. The van der Waals surface area contributed by atoms with Crippen LogP contribution >= 0.6 is 23.6 Å². The van der Waals surface area contributed by atoms with Gasteiger partial charge < -0.3 is 10.1 Å². The SMILES string of the molecule is Cc1ccc(C(C)C)c(-n2c(C)csc2=NC(=S)NCCCCc2cccc(-c3ncn(-c4ccc(OC(F)(F)F)cc4)n3)c2)c1. The van der Waals surface area contributed by atoms with E-state index < -0.39 is 6.36 Å². The lowest BCUT2D eigenvalue weighted by Gasteiger charge is -2.16. The number of alkyl halides is 3. The maximum atomic E-state index is 12.4. The molecule has 0 atom stereocenters. The molecule has 0 unspecified atom stereocenters. The predicted molar refractivity (Wildman–Crippen MR) is 180 cm³/mol. The highest BCUT2D eigenvalue weighted by Crippen LogP contribution is 2.26. The highest BCUT2D eigenvalue weighted by atomic mass is 32.1. The van der Waals surface area contributed by atoms with Gasteiger partial charge >= 0.3 is 6.36 Å². The quantitative estimate of drug-likeness (QED) is 0.120. The van der Waals surface area contributed by atoms with Crippen LogP contribution < -0.4 is 14.9 Å². The Kier molecular flexibility index (Phi) is 10.4. The third kappa shape index (κ3) is 8.49. The Balaban J connectivity index is 1.15. The number of nitrogens with one attached hydrogen (secondary N) is 1. The van der Waals surface area contributed by atoms with Crippen molar-refractivity contribution in [2.45, 2.75) is 59.2 Å². The molecule has 46 heavy (non-hydrogen) atoms. The fraction of sp³-hybridized carbons (Fsp3) is 0.294. The summed E-state index contributed by atoms with van der Waals surface area (Å²) in [6.45, 7) is 9.31. The van der Waals surface area contributed by atoms with Crippen LogP contribution in [-0.4, -0.2) is 37.4 Å². The molecule has 5 rings (SSSR count). The highest BCUT2D eigenvalue weighted by molar-refractivity contribution is 7.80. The summed E-state index contributed by atoms with van der Waals surface area (Å²) in [5.41, 5.74) is 7.33. The van der Waals surface area contributed by atoms with E-state index in [1.165, 1.54) is 46.4 Å². The summed E-state index contributed by atoms with van der Waals surface area (Å²) < 4.78 is 45.0.